The Labute approximate surface area is 105 Å². The molecule has 18 heavy (non-hydrogen) atoms. The predicted molar refractivity (Wildman–Crippen MR) is 66.7 cm³/mol. The lowest BCUT2D eigenvalue weighted by atomic mass is 10.2. The van der Waals surface area contributed by atoms with Gasteiger partial charge < -0.3 is 5.73 Å². The molecule has 0 aromatic heterocycles. The van der Waals surface area contributed by atoms with E-state index in [1.165, 1.54) is 12.1 Å². The Morgan fingerprint density at radius 1 is 1.50 bits per heavy atom. The number of rotatable bonds is 5. The molecule has 0 aliphatic carbocycles. The largest absolute Gasteiger partial charge is 0.329 e. The van der Waals surface area contributed by atoms with Crippen molar-refractivity contribution in [2.75, 3.05) is 6.54 Å². The van der Waals surface area contributed by atoms with Crippen LogP contribution in [0.25, 0.3) is 0 Å². The molecule has 0 aliphatic heterocycles. The molecule has 1 aromatic carbocycles. The van der Waals surface area contributed by atoms with Crippen molar-refractivity contribution >= 4 is 15.7 Å². The fourth-order valence-corrected chi connectivity index (χ4v) is 2.61. The van der Waals surface area contributed by atoms with E-state index in [4.69, 9.17) is 5.73 Å². The van der Waals surface area contributed by atoms with Gasteiger partial charge in [-0.25, -0.2) is 13.1 Å². The fraction of sp³-hybridized carbons (Fsp3) is 0.400. The van der Waals surface area contributed by atoms with Gasteiger partial charge in [-0.15, -0.1) is 0 Å². The molecule has 3 N–H and O–H groups in total. The van der Waals surface area contributed by atoms with Gasteiger partial charge in [0.2, 0.25) is 10.0 Å². The summed E-state index contributed by atoms with van der Waals surface area (Å²) in [5.74, 6) is 0. The van der Waals surface area contributed by atoms with E-state index in [1.54, 1.807) is 13.8 Å². The average Bonchev–Trinajstić information content (AvgIpc) is 2.28. The molecule has 0 saturated heterocycles. The van der Waals surface area contributed by atoms with Crippen LogP contribution in [-0.4, -0.2) is 25.9 Å². The quantitative estimate of drug-likeness (QED) is 0.599. The molecule has 1 rings (SSSR count). The van der Waals surface area contributed by atoms with E-state index < -0.39 is 21.0 Å². The highest BCUT2D eigenvalue weighted by atomic mass is 32.2. The zero-order valence-corrected chi connectivity index (χ0v) is 10.9. The maximum Gasteiger partial charge on any atom is 0.273 e. The first-order valence-electron chi connectivity index (χ1n) is 5.25. The number of nitrogens with one attached hydrogen (secondary N) is 1. The molecule has 1 atom stereocenters. The summed E-state index contributed by atoms with van der Waals surface area (Å²) in [5.41, 5.74) is 5.51. The lowest BCUT2D eigenvalue weighted by Gasteiger charge is -2.12. The van der Waals surface area contributed by atoms with Crippen LogP contribution in [0.1, 0.15) is 12.5 Å². The maximum absolute atomic E-state index is 11.9. The van der Waals surface area contributed by atoms with E-state index in [1.807, 2.05) is 0 Å². The molecule has 0 aliphatic rings. The topological polar surface area (TPSA) is 115 Å². The fourth-order valence-electron chi connectivity index (χ4n) is 1.33. The molecule has 0 saturated carbocycles. The second-order valence-corrected chi connectivity index (χ2v) is 5.68. The van der Waals surface area contributed by atoms with Crippen LogP contribution in [-0.2, 0) is 10.0 Å². The van der Waals surface area contributed by atoms with E-state index in [2.05, 4.69) is 4.72 Å². The molecule has 0 amide bonds. The van der Waals surface area contributed by atoms with Crippen molar-refractivity contribution in [1.82, 2.24) is 4.72 Å². The second kappa shape index (κ2) is 5.42. The number of hydrogen-bond acceptors (Lipinski definition) is 5. The zero-order valence-electron chi connectivity index (χ0n) is 10.1. The van der Waals surface area contributed by atoms with E-state index in [9.17, 15) is 18.5 Å². The highest BCUT2D eigenvalue weighted by Gasteiger charge is 2.20. The lowest BCUT2D eigenvalue weighted by Crippen LogP contribution is -2.37. The first-order valence-corrected chi connectivity index (χ1v) is 6.73. The molecule has 0 fully saturated rings. The van der Waals surface area contributed by atoms with E-state index >= 15 is 0 Å². The third kappa shape index (κ3) is 3.25. The second-order valence-electron chi connectivity index (χ2n) is 3.96. The number of nitrogens with two attached hydrogens (primary N) is 1. The van der Waals surface area contributed by atoms with E-state index in [-0.39, 0.29) is 17.1 Å². The molecule has 0 spiro atoms. The number of benzene rings is 1. The van der Waals surface area contributed by atoms with Crippen molar-refractivity contribution in [3.8, 4) is 0 Å². The van der Waals surface area contributed by atoms with Crippen LogP contribution in [0.5, 0.6) is 0 Å². The van der Waals surface area contributed by atoms with Gasteiger partial charge in [0.1, 0.15) is 0 Å². The predicted octanol–water partition coefficient (Wildman–Crippen LogP) is 0.529. The number of nitrogens with zero attached hydrogens (tertiary/aromatic N) is 1. The average molecular weight is 273 g/mol. The summed E-state index contributed by atoms with van der Waals surface area (Å²) >= 11 is 0. The summed E-state index contributed by atoms with van der Waals surface area (Å²) < 4.78 is 26.1. The normalized spacial score (nSPS) is 13.3. The number of sulfonamides is 1. The van der Waals surface area contributed by atoms with Crippen molar-refractivity contribution in [1.29, 1.82) is 0 Å². The van der Waals surface area contributed by atoms with Crippen LogP contribution in [0.3, 0.4) is 0 Å². The first-order chi connectivity index (χ1) is 8.27. The summed E-state index contributed by atoms with van der Waals surface area (Å²) in [5, 5.41) is 10.7. The first kappa shape index (κ1) is 14.6. The molecule has 7 nitrogen and oxygen atoms in total. The Morgan fingerprint density at radius 2 is 2.11 bits per heavy atom. The van der Waals surface area contributed by atoms with Crippen molar-refractivity contribution < 1.29 is 13.3 Å². The number of nitro benzene ring substituents is 1. The Kier molecular flexibility index (Phi) is 4.38. The van der Waals surface area contributed by atoms with Gasteiger partial charge in [0.25, 0.3) is 5.69 Å². The monoisotopic (exact) mass is 273 g/mol. The van der Waals surface area contributed by atoms with Gasteiger partial charge in [0.15, 0.2) is 0 Å². The highest BCUT2D eigenvalue weighted by Crippen LogP contribution is 2.22. The van der Waals surface area contributed by atoms with Crippen molar-refractivity contribution in [3.05, 3.63) is 33.9 Å². The third-order valence-corrected chi connectivity index (χ3v) is 3.98. The minimum Gasteiger partial charge on any atom is -0.329 e. The van der Waals surface area contributed by atoms with E-state index in [0.29, 0.717) is 5.56 Å². The molecule has 0 radical (unpaired) electrons. The number of nitro groups is 1. The van der Waals surface area contributed by atoms with Crippen molar-refractivity contribution in [2.24, 2.45) is 5.73 Å². The van der Waals surface area contributed by atoms with Crippen LogP contribution in [0.15, 0.2) is 23.1 Å². The number of hydrogen-bond donors (Lipinski definition) is 2. The van der Waals surface area contributed by atoms with Crippen molar-refractivity contribution in [3.63, 3.8) is 0 Å². The molecular weight excluding hydrogens is 258 g/mol. The van der Waals surface area contributed by atoms with Gasteiger partial charge in [-0.05, 0) is 19.9 Å². The minimum absolute atomic E-state index is 0.139. The Hall–Kier alpha value is -1.51. The Balaban J connectivity index is 3.18. The summed E-state index contributed by atoms with van der Waals surface area (Å²) in [6.45, 7) is 3.30. The van der Waals surface area contributed by atoms with Crippen LogP contribution in [0.2, 0.25) is 0 Å². The highest BCUT2D eigenvalue weighted by molar-refractivity contribution is 7.89. The van der Waals surface area contributed by atoms with Crippen LogP contribution < -0.4 is 10.5 Å². The third-order valence-electron chi connectivity index (χ3n) is 2.40. The minimum atomic E-state index is -3.78. The zero-order chi connectivity index (χ0) is 13.9. The Bertz CT molecular complexity index is 556. The van der Waals surface area contributed by atoms with Gasteiger partial charge in [0, 0.05) is 24.2 Å². The molecule has 0 heterocycles. The molecule has 1 aromatic rings. The summed E-state index contributed by atoms with van der Waals surface area (Å²) in [7, 11) is -3.78. The SMILES string of the molecule is Cc1ccc(S(=O)(=O)N[C@@H](C)CN)cc1[N+](=O)[O-]. The van der Waals surface area contributed by atoms with E-state index in [0.717, 1.165) is 6.07 Å². The van der Waals surface area contributed by atoms with Crippen LogP contribution in [0.4, 0.5) is 5.69 Å². The summed E-state index contributed by atoms with van der Waals surface area (Å²) in [6.07, 6.45) is 0. The molecule has 100 valence electrons. The van der Waals surface area contributed by atoms with Crippen LogP contribution in [0, 0.1) is 17.0 Å². The van der Waals surface area contributed by atoms with Gasteiger partial charge >= 0.3 is 0 Å². The molecule has 8 heteroatoms. The maximum atomic E-state index is 11.9. The van der Waals surface area contributed by atoms with Gasteiger partial charge in [-0.3, -0.25) is 10.1 Å². The van der Waals surface area contributed by atoms with Crippen LogP contribution >= 0.6 is 0 Å². The molecular formula is C10H15N3O4S. The van der Waals surface area contributed by atoms with Crippen molar-refractivity contribution in [2.45, 2.75) is 24.8 Å². The lowest BCUT2D eigenvalue weighted by molar-refractivity contribution is -0.385. The number of aryl methyl sites for hydroxylation is 1. The smallest absolute Gasteiger partial charge is 0.273 e. The van der Waals surface area contributed by atoms with Gasteiger partial charge in [0.05, 0.1) is 9.82 Å². The summed E-state index contributed by atoms with van der Waals surface area (Å²) in [4.78, 5) is 10.0. The Morgan fingerprint density at radius 3 is 2.61 bits per heavy atom. The van der Waals surface area contributed by atoms with Gasteiger partial charge in [-0.2, -0.15) is 0 Å². The van der Waals surface area contributed by atoms with Gasteiger partial charge in [-0.1, -0.05) is 6.07 Å². The standard InChI is InChI=1S/C10H15N3O4S/c1-7-3-4-9(5-10(7)13(14)15)18(16,17)12-8(2)6-11/h3-5,8,12H,6,11H2,1-2H3/t8-/m0/s1. The summed E-state index contributed by atoms with van der Waals surface area (Å²) in [6, 6.07) is 3.34. The molecule has 0 bridgehead atoms. The molecule has 0 unspecified atom stereocenters.